The molecule has 3 rings (SSSR count). The van der Waals surface area contributed by atoms with Crippen LogP contribution in [0.15, 0.2) is 58.2 Å². The molecule has 27 heavy (non-hydrogen) atoms. The van der Waals surface area contributed by atoms with Gasteiger partial charge < -0.3 is 15.2 Å². The van der Waals surface area contributed by atoms with E-state index in [9.17, 15) is 0 Å². The summed E-state index contributed by atoms with van der Waals surface area (Å²) < 4.78 is 5.26. The van der Waals surface area contributed by atoms with Gasteiger partial charge >= 0.3 is 0 Å². The van der Waals surface area contributed by atoms with Gasteiger partial charge in [-0.25, -0.2) is 0 Å². The first-order valence-corrected chi connectivity index (χ1v) is 8.49. The van der Waals surface area contributed by atoms with Gasteiger partial charge in [0.25, 0.3) is 5.89 Å². The van der Waals surface area contributed by atoms with E-state index in [4.69, 9.17) is 4.52 Å². The molecule has 2 N–H and O–H groups in total. The number of halogens is 1. The van der Waals surface area contributed by atoms with Crippen LogP contribution in [0.1, 0.15) is 17.0 Å². The monoisotopic (exact) mass is 478 g/mol. The Morgan fingerprint density at radius 2 is 1.93 bits per heavy atom. The van der Waals surface area contributed by atoms with Crippen LogP contribution in [-0.4, -0.2) is 34.7 Å². The topological polar surface area (TPSA) is 88.2 Å². The van der Waals surface area contributed by atoms with Gasteiger partial charge in [0.1, 0.15) is 5.69 Å². The van der Waals surface area contributed by atoms with E-state index < -0.39 is 0 Å². The molecule has 7 nitrogen and oxygen atoms in total. The van der Waals surface area contributed by atoms with Crippen LogP contribution in [0, 0.1) is 6.92 Å². The molecule has 0 atom stereocenters. The Morgan fingerprint density at radius 1 is 1.11 bits per heavy atom. The second-order valence-electron chi connectivity index (χ2n) is 5.76. The maximum Gasteiger partial charge on any atom is 0.276 e. The normalized spacial score (nSPS) is 11.0. The van der Waals surface area contributed by atoms with Crippen molar-refractivity contribution < 1.29 is 4.52 Å². The van der Waals surface area contributed by atoms with E-state index in [2.05, 4.69) is 49.8 Å². The highest BCUT2D eigenvalue weighted by Gasteiger charge is 2.09. The smallest absolute Gasteiger partial charge is 0.276 e. The summed E-state index contributed by atoms with van der Waals surface area (Å²) in [5.74, 6) is 1.80. The first-order valence-electron chi connectivity index (χ1n) is 8.49. The van der Waals surface area contributed by atoms with Gasteiger partial charge in [-0.15, -0.1) is 24.0 Å². The molecular weight excluding hydrogens is 455 g/mol. The summed E-state index contributed by atoms with van der Waals surface area (Å²) in [6, 6.07) is 13.9. The van der Waals surface area contributed by atoms with Crippen molar-refractivity contribution in [3.8, 4) is 11.6 Å². The van der Waals surface area contributed by atoms with E-state index in [-0.39, 0.29) is 24.0 Å². The van der Waals surface area contributed by atoms with Gasteiger partial charge in [0.15, 0.2) is 11.8 Å². The van der Waals surface area contributed by atoms with Crippen molar-refractivity contribution >= 4 is 29.9 Å². The second-order valence-corrected chi connectivity index (χ2v) is 5.76. The zero-order valence-electron chi connectivity index (χ0n) is 15.3. The zero-order chi connectivity index (χ0) is 18.2. The van der Waals surface area contributed by atoms with Crippen LogP contribution in [0.2, 0.25) is 0 Å². The minimum atomic E-state index is 0. The van der Waals surface area contributed by atoms with Crippen LogP contribution in [0.5, 0.6) is 0 Å². The van der Waals surface area contributed by atoms with Crippen LogP contribution < -0.4 is 10.6 Å². The second kappa shape index (κ2) is 10.6. The molecule has 0 saturated carbocycles. The Morgan fingerprint density at radius 3 is 2.67 bits per heavy atom. The van der Waals surface area contributed by atoms with Crippen molar-refractivity contribution in [2.24, 2.45) is 4.99 Å². The highest BCUT2D eigenvalue weighted by atomic mass is 127. The van der Waals surface area contributed by atoms with Gasteiger partial charge in [0.05, 0.1) is 0 Å². The van der Waals surface area contributed by atoms with Gasteiger partial charge in [-0.1, -0.05) is 35.5 Å². The molecule has 2 heterocycles. The van der Waals surface area contributed by atoms with E-state index in [1.165, 1.54) is 11.1 Å². The molecule has 2 aromatic heterocycles. The number of hydrogen-bond acceptors (Lipinski definition) is 5. The first kappa shape index (κ1) is 20.8. The molecule has 8 heteroatoms. The van der Waals surface area contributed by atoms with Crippen LogP contribution in [0.3, 0.4) is 0 Å². The number of aromatic nitrogens is 3. The number of aliphatic imine (C=N–C) groups is 1. The molecule has 3 aromatic rings. The van der Waals surface area contributed by atoms with Gasteiger partial charge in [0, 0.05) is 32.8 Å². The van der Waals surface area contributed by atoms with E-state index in [0.29, 0.717) is 30.4 Å². The highest BCUT2D eigenvalue weighted by molar-refractivity contribution is 14.0. The Hall–Kier alpha value is -2.49. The molecule has 0 amide bonds. The summed E-state index contributed by atoms with van der Waals surface area (Å²) in [7, 11) is 1.75. The van der Waals surface area contributed by atoms with Crippen molar-refractivity contribution in [2.45, 2.75) is 19.9 Å². The van der Waals surface area contributed by atoms with Gasteiger partial charge in [-0.3, -0.25) is 9.98 Å². The predicted octanol–water partition coefficient (Wildman–Crippen LogP) is 2.97. The number of guanidine groups is 1. The van der Waals surface area contributed by atoms with Gasteiger partial charge in [-0.05, 0) is 30.2 Å². The van der Waals surface area contributed by atoms with Crippen molar-refractivity contribution in [2.75, 3.05) is 13.6 Å². The average molecular weight is 478 g/mol. The maximum atomic E-state index is 5.26. The molecule has 0 saturated heterocycles. The van der Waals surface area contributed by atoms with Crippen molar-refractivity contribution in [1.82, 2.24) is 25.8 Å². The number of aryl methyl sites for hydroxylation is 1. The quantitative estimate of drug-likeness (QED) is 0.322. The fourth-order valence-corrected chi connectivity index (χ4v) is 2.45. The number of nitrogens with zero attached hydrogens (tertiary/aromatic N) is 4. The Labute approximate surface area is 175 Å². The number of rotatable bonds is 6. The fourth-order valence-electron chi connectivity index (χ4n) is 2.45. The lowest BCUT2D eigenvalue weighted by molar-refractivity contribution is 0.421. The number of pyridine rings is 1. The summed E-state index contributed by atoms with van der Waals surface area (Å²) in [4.78, 5) is 12.8. The summed E-state index contributed by atoms with van der Waals surface area (Å²) in [6.45, 7) is 3.47. The zero-order valence-corrected chi connectivity index (χ0v) is 17.7. The summed E-state index contributed by atoms with van der Waals surface area (Å²) in [5.41, 5.74) is 3.17. The number of nitrogens with one attached hydrogen (secondary N) is 2. The molecule has 1 aromatic carbocycles. The third-order valence-electron chi connectivity index (χ3n) is 3.92. The van der Waals surface area contributed by atoms with Crippen LogP contribution in [0.25, 0.3) is 11.6 Å². The van der Waals surface area contributed by atoms with E-state index in [1.54, 1.807) is 13.2 Å². The standard InChI is InChI=1S/C19H22N6O.HI/c1-14-7-3-4-8-15(14)13-23-19(20-2)22-12-10-17-24-18(26-25-17)16-9-5-6-11-21-16;/h3-9,11H,10,12-13H2,1-2H3,(H2,20,22,23);1H. The lowest BCUT2D eigenvalue weighted by atomic mass is 10.1. The summed E-state index contributed by atoms with van der Waals surface area (Å²) in [5, 5.41) is 10.6. The molecule has 0 aliphatic heterocycles. The molecular formula is C19H23IN6O. The fraction of sp³-hybridized carbons (Fsp3) is 0.263. The molecule has 0 fully saturated rings. The molecule has 0 radical (unpaired) electrons. The minimum Gasteiger partial charge on any atom is -0.356 e. The lowest BCUT2D eigenvalue weighted by Crippen LogP contribution is -2.38. The average Bonchev–Trinajstić information content (AvgIpc) is 3.15. The van der Waals surface area contributed by atoms with Crippen LogP contribution in [-0.2, 0) is 13.0 Å². The third-order valence-corrected chi connectivity index (χ3v) is 3.92. The minimum absolute atomic E-state index is 0. The van der Waals surface area contributed by atoms with E-state index in [0.717, 1.165) is 12.5 Å². The molecule has 0 bridgehead atoms. The number of benzene rings is 1. The summed E-state index contributed by atoms with van der Waals surface area (Å²) in [6.07, 6.45) is 2.33. The van der Waals surface area contributed by atoms with Gasteiger partial charge in [-0.2, -0.15) is 4.98 Å². The largest absolute Gasteiger partial charge is 0.356 e. The van der Waals surface area contributed by atoms with Gasteiger partial charge in [0.2, 0.25) is 0 Å². The molecule has 142 valence electrons. The molecule has 0 aliphatic carbocycles. The SMILES string of the molecule is CN=C(NCCc1noc(-c2ccccn2)n1)NCc1ccccc1C.I. The van der Waals surface area contributed by atoms with Crippen molar-refractivity contribution in [3.05, 3.63) is 65.6 Å². The molecule has 0 aliphatic rings. The van der Waals surface area contributed by atoms with Crippen molar-refractivity contribution in [3.63, 3.8) is 0 Å². The number of hydrogen-bond donors (Lipinski definition) is 2. The van der Waals surface area contributed by atoms with Crippen LogP contribution in [0.4, 0.5) is 0 Å². The Balaban J connectivity index is 0.00000261. The first-order chi connectivity index (χ1) is 12.8. The lowest BCUT2D eigenvalue weighted by Gasteiger charge is -2.12. The van der Waals surface area contributed by atoms with E-state index >= 15 is 0 Å². The predicted molar refractivity (Wildman–Crippen MR) is 116 cm³/mol. The Bertz CT molecular complexity index is 865. The highest BCUT2D eigenvalue weighted by Crippen LogP contribution is 2.13. The third kappa shape index (κ3) is 6.02. The summed E-state index contributed by atoms with van der Waals surface area (Å²) >= 11 is 0. The van der Waals surface area contributed by atoms with Crippen molar-refractivity contribution in [1.29, 1.82) is 0 Å². The van der Waals surface area contributed by atoms with E-state index in [1.807, 2.05) is 30.3 Å². The Kier molecular flexibility index (Phi) is 8.18. The van der Waals surface area contributed by atoms with Crippen LogP contribution >= 0.6 is 24.0 Å². The molecule has 0 unspecified atom stereocenters. The maximum absolute atomic E-state index is 5.26. The molecule has 0 spiro atoms.